The third-order valence-electron chi connectivity index (χ3n) is 13.0. The Morgan fingerprint density at radius 2 is 1.64 bits per heavy atom. The van der Waals surface area contributed by atoms with Crippen LogP contribution in [0, 0.1) is 52.3 Å². The van der Waals surface area contributed by atoms with Crippen LogP contribution in [0.2, 0.25) is 18.1 Å². The highest BCUT2D eigenvalue weighted by Gasteiger charge is 2.63. The van der Waals surface area contributed by atoms with Crippen molar-refractivity contribution >= 4 is 14.3 Å². The molecule has 36 heavy (non-hydrogen) atoms. The molecule has 4 aliphatic rings. The molecule has 4 saturated carbocycles. The highest BCUT2D eigenvalue weighted by Crippen LogP contribution is 2.69. The Labute approximate surface area is 224 Å². The fourth-order valence-electron chi connectivity index (χ4n) is 9.67. The second-order valence-electron chi connectivity index (χ2n) is 15.9. The molecule has 208 valence electrons. The number of hydrogen-bond donors (Lipinski definition) is 0. The van der Waals surface area contributed by atoms with Crippen LogP contribution in [0.5, 0.6) is 0 Å². The first kappa shape index (κ1) is 28.6. The smallest absolute Gasteiger partial charge is 0.292 e. The summed E-state index contributed by atoms with van der Waals surface area (Å²) in [5.74, 6) is 5.40. The predicted octanol–water partition coefficient (Wildman–Crippen LogP) is 8.87. The number of carbonyl (C=O) groups excluding carboxylic acids is 1. The molecule has 4 rings (SSSR count). The van der Waals surface area contributed by atoms with Gasteiger partial charge in [-0.15, -0.1) is 0 Å². The standard InChI is InChI=1S/C32H58O3Si/c1-21-15-17-31(6)23(19-21)20-27(34-8)29-25-13-12-24(32(25,7)18-16-26(29)31)22(2)11-14-28(33)35-36(9,10)30(3,4)5/h21-27,29H,11-20H2,1-10H3/t21-,22-,23+,24-,25+,26+,27+,29+,31+,32-/m1/s1. The lowest BCUT2D eigenvalue weighted by atomic mass is 9.43. The van der Waals surface area contributed by atoms with Crippen molar-refractivity contribution in [2.75, 3.05) is 7.11 Å². The number of fused-ring (bicyclic) bond motifs is 5. The van der Waals surface area contributed by atoms with Gasteiger partial charge in [0.05, 0.1) is 6.10 Å². The molecule has 0 saturated heterocycles. The molecule has 3 nitrogen and oxygen atoms in total. The number of carbonyl (C=O) groups is 1. The molecule has 0 heterocycles. The molecule has 0 aromatic heterocycles. The van der Waals surface area contributed by atoms with Gasteiger partial charge in [-0.05, 0) is 122 Å². The first-order valence-electron chi connectivity index (χ1n) is 15.4. The second kappa shape index (κ2) is 9.99. The molecule has 4 aliphatic carbocycles. The Morgan fingerprint density at radius 3 is 2.28 bits per heavy atom. The third kappa shape index (κ3) is 4.89. The monoisotopic (exact) mass is 518 g/mol. The molecule has 0 unspecified atom stereocenters. The first-order chi connectivity index (χ1) is 16.6. The topological polar surface area (TPSA) is 35.5 Å². The largest absolute Gasteiger partial charge is 0.519 e. The van der Waals surface area contributed by atoms with Crippen molar-refractivity contribution in [3.05, 3.63) is 0 Å². The third-order valence-corrected chi connectivity index (χ3v) is 17.3. The quantitative estimate of drug-likeness (QED) is 0.329. The molecular formula is C32H58O3Si. The van der Waals surface area contributed by atoms with Crippen molar-refractivity contribution < 1.29 is 14.0 Å². The number of methoxy groups -OCH3 is 1. The van der Waals surface area contributed by atoms with Gasteiger partial charge in [-0.3, -0.25) is 4.79 Å². The summed E-state index contributed by atoms with van der Waals surface area (Å²) in [5, 5.41) is 0.0724. The lowest BCUT2D eigenvalue weighted by Crippen LogP contribution is -2.58. The summed E-state index contributed by atoms with van der Waals surface area (Å²) in [5.41, 5.74) is 0.913. The van der Waals surface area contributed by atoms with Gasteiger partial charge < -0.3 is 9.16 Å². The lowest BCUT2D eigenvalue weighted by molar-refractivity contribution is -0.176. The average Bonchev–Trinajstić information content (AvgIpc) is 3.13. The van der Waals surface area contributed by atoms with Gasteiger partial charge in [0.1, 0.15) is 0 Å². The van der Waals surface area contributed by atoms with Gasteiger partial charge >= 0.3 is 0 Å². The maximum absolute atomic E-state index is 12.8. The molecule has 0 radical (unpaired) electrons. The SMILES string of the molecule is CO[C@H]1C[C@@H]2C[C@H](C)CC[C@]2(C)[C@H]2CC[C@]3(C)[C@@H]([C@H](C)CCC(=O)O[Si](C)(C)C(C)(C)C)CC[C@H]3[C@H]12. The van der Waals surface area contributed by atoms with Crippen LogP contribution in [0.1, 0.15) is 113 Å². The van der Waals surface area contributed by atoms with Crippen molar-refractivity contribution in [2.45, 2.75) is 137 Å². The van der Waals surface area contributed by atoms with Crippen LogP contribution in [-0.4, -0.2) is 27.5 Å². The average molecular weight is 519 g/mol. The summed E-state index contributed by atoms with van der Waals surface area (Å²) in [6.07, 6.45) is 13.0. The van der Waals surface area contributed by atoms with Crippen LogP contribution in [0.25, 0.3) is 0 Å². The molecule has 4 heteroatoms. The van der Waals surface area contributed by atoms with Gasteiger partial charge in [0.2, 0.25) is 0 Å². The van der Waals surface area contributed by atoms with Crippen molar-refractivity contribution in [3.8, 4) is 0 Å². The Hall–Kier alpha value is -0.353. The molecule has 0 aromatic carbocycles. The zero-order valence-electron chi connectivity index (χ0n) is 25.4. The van der Waals surface area contributed by atoms with Crippen LogP contribution >= 0.6 is 0 Å². The van der Waals surface area contributed by atoms with E-state index in [0.717, 1.165) is 41.9 Å². The molecule has 0 amide bonds. The van der Waals surface area contributed by atoms with E-state index in [4.69, 9.17) is 9.16 Å². The Balaban J connectivity index is 1.45. The van der Waals surface area contributed by atoms with Crippen molar-refractivity contribution in [1.29, 1.82) is 0 Å². The van der Waals surface area contributed by atoms with E-state index < -0.39 is 8.32 Å². The van der Waals surface area contributed by atoms with Gasteiger partial charge in [0, 0.05) is 13.5 Å². The molecule has 0 aliphatic heterocycles. The van der Waals surface area contributed by atoms with Gasteiger partial charge in [-0.1, -0.05) is 54.9 Å². The van der Waals surface area contributed by atoms with E-state index in [1.165, 1.54) is 51.4 Å². The minimum atomic E-state index is -2.04. The Morgan fingerprint density at radius 1 is 1.00 bits per heavy atom. The van der Waals surface area contributed by atoms with Crippen LogP contribution in [-0.2, 0) is 14.0 Å². The van der Waals surface area contributed by atoms with Crippen molar-refractivity contribution in [2.24, 2.45) is 52.3 Å². The van der Waals surface area contributed by atoms with Crippen molar-refractivity contribution in [3.63, 3.8) is 0 Å². The van der Waals surface area contributed by atoms with E-state index in [2.05, 4.69) is 61.6 Å². The van der Waals surface area contributed by atoms with E-state index in [1.807, 2.05) is 7.11 Å². The fourth-order valence-corrected chi connectivity index (χ4v) is 10.6. The molecule has 0 bridgehead atoms. The van der Waals surface area contributed by atoms with Gasteiger partial charge in [-0.2, -0.15) is 0 Å². The summed E-state index contributed by atoms with van der Waals surface area (Å²) < 4.78 is 12.4. The number of rotatable bonds is 6. The second-order valence-corrected chi connectivity index (χ2v) is 20.6. The van der Waals surface area contributed by atoms with Gasteiger partial charge in [-0.25, -0.2) is 0 Å². The molecule has 0 aromatic rings. The summed E-state index contributed by atoms with van der Waals surface area (Å²) in [7, 11) is -0.0435. The van der Waals surface area contributed by atoms with E-state index in [-0.39, 0.29) is 11.0 Å². The molecule has 10 atom stereocenters. The van der Waals surface area contributed by atoms with Crippen LogP contribution < -0.4 is 0 Å². The molecule has 4 fully saturated rings. The lowest BCUT2D eigenvalue weighted by Gasteiger charge is -2.63. The van der Waals surface area contributed by atoms with Crippen LogP contribution in [0.15, 0.2) is 0 Å². The highest BCUT2D eigenvalue weighted by molar-refractivity contribution is 6.75. The summed E-state index contributed by atoms with van der Waals surface area (Å²) in [6.45, 7) is 21.2. The van der Waals surface area contributed by atoms with E-state index in [1.54, 1.807) is 0 Å². The van der Waals surface area contributed by atoms with Crippen molar-refractivity contribution in [1.82, 2.24) is 0 Å². The minimum absolute atomic E-state index is 0.0362. The van der Waals surface area contributed by atoms with E-state index >= 15 is 0 Å². The molecular weight excluding hydrogens is 460 g/mol. The first-order valence-corrected chi connectivity index (χ1v) is 18.3. The zero-order valence-corrected chi connectivity index (χ0v) is 26.4. The van der Waals surface area contributed by atoms with E-state index in [9.17, 15) is 4.79 Å². The zero-order chi connectivity index (χ0) is 26.7. The normalized spacial score (nSPS) is 43.8. The van der Waals surface area contributed by atoms with E-state index in [0.29, 0.717) is 29.3 Å². The Kier molecular flexibility index (Phi) is 7.95. The predicted molar refractivity (Wildman–Crippen MR) is 152 cm³/mol. The summed E-state index contributed by atoms with van der Waals surface area (Å²) >= 11 is 0. The number of ether oxygens (including phenoxy) is 1. The maximum Gasteiger partial charge on any atom is 0.292 e. The van der Waals surface area contributed by atoms with Gasteiger partial charge in [0.25, 0.3) is 14.3 Å². The maximum atomic E-state index is 12.8. The number of hydrogen-bond acceptors (Lipinski definition) is 3. The summed E-state index contributed by atoms with van der Waals surface area (Å²) in [6, 6.07) is 0. The highest BCUT2D eigenvalue weighted by atomic mass is 28.4. The minimum Gasteiger partial charge on any atom is -0.519 e. The molecule has 0 spiro atoms. The van der Waals surface area contributed by atoms with Crippen LogP contribution in [0.4, 0.5) is 0 Å². The summed E-state index contributed by atoms with van der Waals surface area (Å²) in [4.78, 5) is 12.8. The fraction of sp³-hybridized carbons (Fsp3) is 0.969. The molecule has 0 N–H and O–H groups in total. The van der Waals surface area contributed by atoms with Gasteiger partial charge in [0.15, 0.2) is 0 Å². The Bertz CT molecular complexity index is 802. The van der Waals surface area contributed by atoms with Crippen LogP contribution in [0.3, 0.4) is 0 Å².